The Balaban J connectivity index is 1.29. The minimum Gasteiger partial charge on any atom is -0.496 e. The summed E-state index contributed by atoms with van der Waals surface area (Å²) in [5, 5.41) is 15.9. The molecule has 0 fully saturated rings. The van der Waals surface area contributed by atoms with Gasteiger partial charge in [-0.05, 0) is 74.9 Å². The molecule has 1 aliphatic heterocycles. The maximum Gasteiger partial charge on any atom is 0.326 e. The molecular weight excluding hydrogens is 534 g/mol. The van der Waals surface area contributed by atoms with Crippen molar-refractivity contribution < 1.29 is 24.2 Å². The third kappa shape index (κ3) is 9.73. The van der Waals surface area contributed by atoms with Gasteiger partial charge < -0.3 is 25.2 Å². The molecule has 1 aliphatic rings. The minimum absolute atomic E-state index is 0.0122. The molecule has 1 atom stereocenters. The summed E-state index contributed by atoms with van der Waals surface area (Å²) in [4.78, 5) is 35.8. The number of aromatic nitrogens is 2. The van der Waals surface area contributed by atoms with Crippen LogP contribution in [0.2, 0.25) is 0 Å². The number of nitrogens with one attached hydrogen (secondary N) is 2. The lowest BCUT2D eigenvalue weighted by atomic mass is 10.1. The molecule has 0 aliphatic carbocycles. The number of methoxy groups -OCH3 is 1. The van der Waals surface area contributed by atoms with Gasteiger partial charge in [-0.25, -0.2) is 9.78 Å². The Bertz CT molecular complexity index is 1290. The van der Waals surface area contributed by atoms with Gasteiger partial charge in [-0.2, -0.15) is 0 Å². The Labute approximate surface area is 247 Å². The van der Waals surface area contributed by atoms with E-state index in [1.807, 2.05) is 30.3 Å². The number of fused-ring (bicyclic) bond motifs is 1. The maximum absolute atomic E-state index is 12.7. The molecule has 1 unspecified atom stereocenters. The van der Waals surface area contributed by atoms with Crippen LogP contribution < -0.4 is 20.1 Å². The standard InChI is InChI=1S/C32H41N5O5/c1-41-29-14-17-33-23-25(29)22-30(38)36-28(32(39)40)15-19-37(20-21-42-27-10-3-2-4-11-27)18-6-5-9-26-13-12-24-8-7-16-34-31(24)35-26/h2-4,10-14,17,23,28H,5-9,15-16,18-22H2,1H3,(H,34,35)(H,36,38)(H,39,40). The molecule has 1 aromatic carbocycles. The number of carboxylic acids is 1. The number of aliphatic carboxylic acids is 1. The monoisotopic (exact) mass is 575 g/mol. The molecule has 0 radical (unpaired) electrons. The largest absolute Gasteiger partial charge is 0.496 e. The highest BCUT2D eigenvalue weighted by molar-refractivity contribution is 5.85. The van der Waals surface area contributed by atoms with Gasteiger partial charge in [0.2, 0.25) is 5.91 Å². The number of anilines is 1. The fraction of sp³-hybridized carbons (Fsp3) is 0.438. The van der Waals surface area contributed by atoms with Gasteiger partial charge in [-0.3, -0.25) is 14.7 Å². The number of benzene rings is 1. The van der Waals surface area contributed by atoms with E-state index in [1.165, 1.54) is 12.7 Å². The Hall–Kier alpha value is -4.18. The number of rotatable bonds is 17. The summed E-state index contributed by atoms with van der Waals surface area (Å²) in [5.41, 5.74) is 2.97. The van der Waals surface area contributed by atoms with Gasteiger partial charge in [0.25, 0.3) is 0 Å². The average Bonchev–Trinajstić information content (AvgIpc) is 3.01. The number of pyridine rings is 2. The van der Waals surface area contributed by atoms with E-state index >= 15 is 0 Å². The molecule has 4 rings (SSSR count). The van der Waals surface area contributed by atoms with Gasteiger partial charge in [-0.15, -0.1) is 0 Å². The van der Waals surface area contributed by atoms with E-state index < -0.39 is 12.0 Å². The van der Waals surface area contributed by atoms with Crippen LogP contribution in [0.25, 0.3) is 0 Å². The predicted octanol–water partition coefficient (Wildman–Crippen LogP) is 3.75. The van der Waals surface area contributed by atoms with E-state index in [2.05, 4.69) is 32.7 Å². The van der Waals surface area contributed by atoms with Gasteiger partial charge >= 0.3 is 5.97 Å². The fourth-order valence-corrected chi connectivity index (χ4v) is 5.03. The van der Waals surface area contributed by atoms with E-state index in [9.17, 15) is 14.7 Å². The molecule has 0 bridgehead atoms. The van der Waals surface area contributed by atoms with Crippen molar-refractivity contribution in [3.63, 3.8) is 0 Å². The Morgan fingerprint density at radius 2 is 1.95 bits per heavy atom. The number of carbonyl (C=O) groups is 2. The summed E-state index contributed by atoms with van der Waals surface area (Å²) in [6, 6.07) is 14.6. The lowest BCUT2D eigenvalue weighted by Gasteiger charge is -2.24. The quantitative estimate of drug-likeness (QED) is 0.206. The number of hydrogen-bond donors (Lipinski definition) is 3. The van der Waals surface area contributed by atoms with Crippen molar-refractivity contribution in [3.8, 4) is 11.5 Å². The predicted molar refractivity (Wildman–Crippen MR) is 161 cm³/mol. The van der Waals surface area contributed by atoms with Crippen molar-refractivity contribution in [2.24, 2.45) is 0 Å². The molecule has 3 aromatic rings. The molecule has 3 N–H and O–H groups in total. The first-order valence-corrected chi connectivity index (χ1v) is 14.6. The van der Waals surface area contributed by atoms with Crippen molar-refractivity contribution in [1.82, 2.24) is 20.2 Å². The summed E-state index contributed by atoms with van der Waals surface area (Å²) < 4.78 is 11.2. The zero-order chi connectivity index (χ0) is 29.6. The Morgan fingerprint density at radius 3 is 2.76 bits per heavy atom. The van der Waals surface area contributed by atoms with Crippen LogP contribution in [0.15, 0.2) is 60.9 Å². The molecule has 3 heterocycles. The van der Waals surface area contributed by atoms with Crippen LogP contribution in [0.5, 0.6) is 11.5 Å². The topological polar surface area (TPSA) is 126 Å². The molecule has 1 amide bonds. The first kappa shape index (κ1) is 30.8. The lowest BCUT2D eigenvalue weighted by Crippen LogP contribution is -2.44. The second-order valence-corrected chi connectivity index (χ2v) is 10.4. The molecule has 224 valence electrons. The van der Waals surface area contributed by atoms with E-state index in [1.54, 1.807) is 18.5 Å². The first-order valence-electron chi connectivity index (χ1n) is 14.6. The molecule has 2 aromatic heterocycles. The highest BCUT2D eigenvalue weighted by atomic mass is 16.5. The van der Waals surface area contributed by atoms with Gasteiger partial charge in [-0.1, -0.05) is 24.3 Å². The molecule has 10 heteroatoms. The summed E-state index contributed by atoms with van der Waals surface area (Å²) >= 11 is 0. The molecule has 0 spiro atoms. The number of hydrogen-bond acceptors (Lipinski definition) is 8. The van der Waals surface area contributed by atoms with E-state index in [-0.39, 0.29) is 18.7 Å². The number of carbonyl (C=O) groups excluding carboxylic acids is 1. The maximum atomic E-state index is 12.7. The average molecular weight is 576 g/mol. The van der Waals surface area contributed by atoms with Gasteiger partial charge in [0.1, 0.15) is 30.0 Å². The number of ether oxygens (including phenoxy) is 2. The van der Waals surface area contributed by atoms with Crippen LogP contribution in [0.1, 0.15) is 42.5 Å². The number of amides is 1. The molecule has 0 saturated heterocycles. The zero-order valence-corrected chi connectivity index (χ0v) is 24.3. The van der Waals surface area contributed by atoms with Crippen LogP contribution in [-0.4, -0.2) is 77.8 Å². The summed E-state index contributed by atoms with van der Waals surface area (Å²) in [6.45, 7) is 3.39. The summed E-state index contributed by atoms with van der Waals surface area (Å²) in [6.07, 6.45) is 8.39. The van der Waals surface area contributed by atoms with Gasteiger partial charge in [0.05, 0.1) is 13.5 Å². The van der Waals surface area contributed by atoms with Crippen molar-refractivity contribution in [3.05, 3.63) is 77.7 Å². The van der Waals surface area contributed by atoms with Gasteiger partial charge in [0, 0.05) is 43.3 Å². The smallest absolute Gasteiger partial charge is 0.326 e. The SMILES string of the molecule is COc1ccncc1CC(=O)NC(CCN(CCCCc1ccc2c(n1)NCCC2)CCOc1ccccc1)C(=O)O. The van der Waals surface area contributed by atoms with E-state index in [0.29, 0.717) is 31.0 Å². The molecule has 0 saturated carbocycles. The zero-order valence-electron chi connectivity index (χ0n) is 24.3. The third-order valence-corrected chi connectivity index (χ3v) is 7.33. The van der Waals surface area contributed by atoms with Crippen molar-refractivity contribution >= 4 is 17.7 Å². The third-order valence-electron chi connectivity index (χ3n) is 7.33. The van der Waals surface area contributed by atoms with Crippen LogP contribution >= 0.6 is 0 Å². The summed E-state index contributed by atoms with van der Waals surface area (Å²) in [7, 11) is 1.52. The number of nitrogens with zero attached hydrogens (tertiary/aromatic N) is 3. The minimum atomic E-state index is -1.06. The van der Waals surface area contributed by atoms with Crippen LogP contribution in [-0.2, 0) is 28.9 Å². The fourth-order valence-electron chi connectivity index (χ4n) is 5.03. The second-order valence-electron chi connectivity index (χ2n) is 10.4. The summed E-state index contributed by atoms with van der Waals surface area (Å²) in [5.74, 6) is 0.903. The number of carboxylic acid groups (broad SMARTS) is 1. The van der Waals surface area contributed by atoms with Gasteiger partial charge in [0.15, 0.2) is 0 Å². The highest BCUT2D eigenvalue weighted by Crippen LogP contribution is 2.20. The lowest BCUT2D eigenvalue weighted by molar-refractivity contribution is -0.142. The number of unbranched alkanes of at least 4 members (excludes halogenated alkanes) is 1. The molecular formula is C32H41N5O5. The van der Waals surface area contributed by atoms with Crippen molar-refractivity contribution in [2.45, 2.75) is 51.0 Å². The number of aryl methyl sites for hydroxylation is 2. The Morgan fingerprint density at radius 1 is 1.10 bits per heavy atom. The van der Waals surface area contributed by atoms with Crippen molar-refractivity contribution in [1.29, 1.82) is 0 Å². The van der Waals surface area contributed by atoms with E-state index in [0.717, 1.165) is 62.5 Å². The Kier molecular flexibility index (Phi) is 11.9. The van der Waals surface area contributed by atoms with Crippen LogP contribution in [0.3, 0.4) is 0 Å². The van der Waals surface area contributed by atoms with E-state index in [4.69, 9.17) is 14.5 Å². The molecule has 42 heavy (non-hydrogen) atoms. The highest BCUT2D eigenvalue weighted by Gasteiger charge is 2.22. The first-order chi connectivity index (χ1) is 20.5. The van der Waals surface area contributed by atoms with Crippen LogP contribution in [0, 0.1) is 0 Å². The normalized spacial score (nSPS) is 13.1. The van der Waals surface area contributed by atoms with Crippen molar-refractivity contribution in [2.75, 3.05) is 45.2 Å². The van der Waals surface area contributed by atoms with Crippen LogP contribution in [0.4, 0.5) is 5.82 Å². The number of para-hydroxylation sites is 1. The molecule has 10 nitrogen and oxygen atoms in total. The second kappa shape index (κ2) is 16.3.